The number of rotatable bonds is 6. The Morgan fingerprint density at radius 2 is 1.95 bits per heavy atom. The quantitative estimate of drug-likeness (QED) is 0.771. The van der Waals surface area contributed by atoms with E-state index in [-0.39, 0.29) is 11.8 Å². The van der Waals surface area contributed by atoms with Gasteiger partial charge >= 0.3 is 0 Å². The van der Waals surface area contributed by atoms with Crippen LogP contribution in [-0.4, -0.2) is 56.7 Å². The highest BCUT2D eigenvalue weighted by Gasteiger charge is 2.32. The molecule has 0 atom stereocenters. The largest absolute Gasteiger partial charge is 0.359 e. The van der Waals surface area contributed by atoms with Crippen molar-refractivity contribution in [3.63, 3.8) is 0 Å². The molecule has 1 amide bonds. The predicted molar refractivity (Wildman–Crippen MR) is 74.8 cm³/mol. The monoisotopic (exact) mass is 291 g/mol. The first-order valence-corrected chi connectivity index (χ1v) is 8.26. The number of nitrogens with zero attached hydrogens (tertiary/aromatic N) is 2. The number of carbonyl (C=O) groups excluding carboxylic acids is 1. The van der Waals surface area contributed by atoms with E-state index in [1.54, 1.807) is 14.1 Å². The van der Waals surface area contributed by atoms with E-state index in [0.29, 0.717) is 32.5 Å². The number of hydrogen-bond donors (Lipinski definition) is 1. The molecule has 19 heavy (non-hydrogen) atoms. The zero-order valence-electron chi connectivity index (χ0n) is 12.1. The van der Waals surface area contributed by atoms with Crippen molar-refractivity contribution >= 4 is 16.1 Å². The molecule has 0 saturated carbocycles. The van der Waals surface area contributed by atoms with Gasteiger partial charge in [-0.25, -0.2) is 0 Å². The standard InChI is InChI=1S/C12H25N3O3S/c1-4-5-8-14(3)19(17,18)15-9-6-11(7-10-15)12(16)13-2/h11H,4-10H2,1-3H3,(H,13,16). The topological polar surface area (TPSA) is 69.7 Å². The lowest BCUT2D eigenvalue weighted by Crippen LogP contribution is -2.47. The lowest BCUT2D eigenvalue weighted by molar-refractivity contribution is -0.125. The summed E-state index contributed by atoms with van der Waals surface area (Å²) in [5.74, 6) is -0.0474. The third-order valence-electron chi connectivity index (χ3n) is 3.62. The zero-order valence-corrected chi connectivity index (χ0v) is 12.9. The molecule has 6 nitrogen and oxygen atoms in total. The molecule has 0 bridgehead atoms. The van der Waals surface area contributed by atoms with Crippen molar-refractivity contribution in [2.24, 2.45) is 5.92 Å². The number of carbonyl (C=O) groups is 1. The average molecular weight is 291 g/mol. The van der Waals surface area contributed by atoms with Gasteiger partial charge in [0, 0.05) is 39.6 Å². The SMILES string of the molecule is CCCCN(C)S(=O)(=O)N1CCC(C(=O)NC)CC1. The van der Waals surface area contributed by atoms with Gasteiger partial charge in [0.1, 0.15) is 0 Å². The van der Waals surface area contributed by atoms with Gasteiger partial charge in [0.25, 0.3) is 10.2 Å². The van der Waals surface area contributed by atoms with Crippen LogP contribution in [0.5, 0.6) is 0 Å². The molecular formula is C12H25N3O3S. The number of amides is 1. The van der Waals surface area contributed by atoms with Crippen LogP contribution < -0.4 is 5.32 Å². The Morgan fingerprint density at radius 3 is 2.42 bits per heavy atom. The summed E-state index contributed by atoms with van der Waals surface area (Å²) in [5, 5.41) is 2.62. The van der Waals surface area contributed by atoms with Crippen molar-refractivity contribution in [1.82, 2.24) is 13.9 Å². The second-order valence-electron chi connectivity index (χ2n) is 4.97. The van der Waals surface area contributed by atoms with Gasteiger partial charge < -0.3 is 5.32 Å². The summed E-state index contributed by atoms with van der Waals surface area (Å²) in [6.07, 6.45) is 3.03. The number of hydrogen-bond acceptors (Lipinski definition) is 3. The van der Waals surface area contributed by atoms with Crippen LogP contribution in [0.4, 0.5) is 0 Å². The molecule has 1 heterocycles. The molecule has 0 aromatic carbocycles. The van der Waals surface area contributed by atoms with E-state index in [2.05, 4.69) is 5.32 Å². The minimum Gasteiger partial charge on any atom is -0.359 e. The predicted octanol–water partition coefficient (Wildman–Crippen LogP) is 0.421. The molecule has 1 aliphatic rings. The first-order chi connectivity index (χ1) is 8.93. The van der Waals surface area contributed by atoms with E-state index in [0.717, 1.165) is 12.8 Å². The molecule has 1 aliphatic heterocycles. The van der Waals surface area contributed by atoms with Crippen molar-refractivity contribution in [2.75, 3.05) is 33.7 Å². The summed E-state index contributed by atoms with van der Waals surface area (Å²) in [4.78, 5) is 11.5. The fraction of sp³-hybridized carbons (Fsp3) is 0.917. The van der Waals surface area contributed by atoms with Crippen molar-refractivity contribution in [3.8, 4) is 0 Å². The van der Waals surface area contributed by atoms with Crippen LogP contribution in [0.1, 0.15) is 32.6 Å². The fourth-order valence-electron chi connectivity index (χ4n) is 2.25. The molecule has 0 aliphatic carbocycles. The van der Waals surface area contributed by atoms with E-state index in [4.69, 9.17) is 0 Å². The number of nitrogens with one attached hydrogen (secondary N) is 1. The van der Waals surface area contributed by atoms with Gasteiger partial charge in [0.2, 0.25) is 5.91 Å². The molecule has 1 rings (SSSR count). The Balaban J connectivity index is 2.56. The Labute approximate surface area is 116 Å². The molecule has 0 spiro atoms. The van der Waals surface area contributed by atoms with Gasteiger partial charge in [-0.3, -0.25) is 4.79 Å². The average Bonchev–Trinajstić information content (AvgIpc) is 2.43. The second kappa shape index (κ2) is 7.21. The summed E-state index contributed by atoms with van der Waals surface area (Å²) in [5.41, 5.74) is 0. The minimum absolute atomic E-state index is 0.0105. The molecule has 1 fully saturated rings. The Morgan fingerprint density at radius 1 is 1.37 bits per heavy atom. The number of unbranched alkanes of at least 4 members (excludes halogenated alkanes) is 1. The fourth-order valence-corrected chi connectivity index (χ4v) is 3.67. The number of piperidine rings is 1. The van der Waals surface area contributed by atoms with Crippen LogP contribution in [0.2, 0.25) is 0 Å². The van der Waals surface area contributed by atoms with E-state index in [9.17, 15) is 13.2 Å². The van der Waals surface area contributed by atoms with Gasteiger partial charge in [-0.15, -0.1) is 0 Å². The maximum atomic E-state index is 12.3. The summed E-state index contributed by atoms with van der Waals surface area (Å²) in [6, 6.07) is 0. The summed E-state index contributed by atoms with van der Waals surface area (Å²) < 4.78 is 27.5. The first kappa shape index (κ1) is 16.4. The molecule has 0 aromatic rings. The normalized spacial score (nSPS) is 18.7. The van der Waals surface area contributed by atoms with Crippen molar-refractivity contribution in [3.05, 3.63) is 0 Å². The maximum Gasteiger partial charge on any atom is 0.281 e. The van der Waals surface area contributed by atoms with Crippen molar-refractivity contribution in [1.29, 1.82) is 0 Å². The van der Waals surface area contributed by atoms with E-state index in [1.807, 2.05) is 6.92 Å². The Hall–Kier alpha value is -0.660. The van der Waals surface area contributed by atoms with Crippen LogP contribution in [-0.2, 0) is 15.0 Å². The minimum atomic E-state index is -3.36. The lowest BCUT2D eigenvalue weighted by atomic mass is 9.97. The molecule has 1 N–H and O–H groups in total. The van der Waals surface area contributed by atoms with Gasteiger partial charge in [0.15, 0.2) is 0 Å². The van der Waals surface area contributed by atoms with Crippen molar-refractivity contribution in [2.45, 2.75) is 32.6 Å². The van der Waals surface area contributed by atoms with Gasteiger partial charge in [-0.1, -0.05) is 13.3 Å². The maximum absolute atomic E-state index is 12.3. The molecule has 0 aromatic heterocycles. The molecule has 7 heteroatoms. The molecule has 1 saturated heterocycles. The lowest BCUT2D eigenvalue weighted by Gasteiger charge is -2.33. The first-order valence-electron chi connectivity index (χ1n) is 6.86. The summed E-state index contributed by atoms with van der Waals surface area (Å²) in [7, 11) is -0.119. The third-order valence-corrected chi connectivity index (χ3v) is 5.61. The molecule has 0 unspecified atom stereocenters. The van der Waals surface area contributed by atoms with Crippen molar-refractivity contribution < 1.29 is 13.2 Å². The third kappa shape index (κ3) is 4.15. The second-order valence-corrected chi connectivity index (χ2v) is 7.01. The van der Waals surface area contributed by atoms with Crippen LogP contribution in [0.3, 0.4) is 0 Å². The highest BCUT2D eigenvalue weighted by Crippen LogP contribution is 2.21. The molecule has 0 radical (unpaired) electrons. The van der Waals surface area contributed by atoms with E-state index >= 15 is 0 Å². The van der Waals surface area contributed by atoms with Crippen LogP contribution in [0.15, 0.2) is 0 Å². The highest BCUT2D eigenvalue weighted by molar-refractivity contribution is 7.86. The van der Waals surface area contributed by atoms with Gasteiger partial charge in [0.05, 0.1) is 0 Å². The van der Waals surface area contributed by atoms with Crippen LogP contribution in [0, 0.1) is 5.92 Å². The van der Waals surface area contributed by atoms with Crippen LogP contribution in [0.25, 0.3) is 0 Å². The smallest absolute Gasteiger partial charge is 0.281 e. The Bertz CT molecular complexity index is 389. The highest BCUT2D eigenvalue weighted by atomic mass is 32.2. The van der Waals surface area contributed by atoms with Crippen LogP contribution >= 0.6 is 0 Å². The summed E-state index contributed by atoms with van der Waals surface area (Å²) >= 11 is 0. The van der Waals surface area contributed by atoms with Gasteiger partial charge in [-0.2, -0.15) is 17.0 Å². The zero-order chi connectivity index (χ0) is 14.5. The van der Waals surface area contributed by atoms with Gasteiger partial charge in [-0.05, 0) is 19.3 Å². The summed E-state index contributed by atoms with van der Waals surface area (Å²) in [6.45, 7) is 3.44. The Kier molecular flexibility index (Phi) is 6.22. The van der Waals surface area contributed by atoms with E-state index < -0.39 is 10.2 Å². The molecule has 112 valence electrons. The molecular weight excluding hydrogens is 266 g/mol. The van der Waals surface area contributed by atoms with E-state index in [1.165, 1.54) is 8.61 Å².